The maximum atomic E-state index is 12.3. The fourth-order valence-electron chi connectivity index (χ4n) is 2.10. The third-order valence-corrected chi connectivity index (χ3v) is 4.94. The smallest absolute Gasteiger partial charge is 0.253 e. The topological polar surface area (TPSA) is 20.3 Å². The van der Waals surface area contributed by atoms with E-state index in [-0.39, 0.29) is 5.91 Å². The van der Waals surface area contributed by atoms with Gasteiger partial charge in [-0.2, -0.15) is 0 Å². The average Bonchev–Trinajstić information content (AvgIpc) is 2.41. The first-order valence-corrected chi connectivity index (χ1v) is 7.80. The van der Waals surface area contributed by atoms with E-state index in [1.54, 1.807) is 18.2 Å². The number of hydrogen-bond acceptors (Lipinski definition) is 1. The lowest BCUT2D eigenvalue weighted by Gasteiger charge is -2.31. The third kappa shape index (κ3) is 3.19. The molecule has 1 aromatic rings. The fraction of sp³-hybridized carbons (Fsp3) is 0.462. The van der Waals surface area contributed by atoms with Crippen LogP contribution in [0.4, 0.5) is 0 Å². The Balaban J connectivity index is 2.05. The predicted octanol–water partition coefficient (Wildman–Crippen LogP) is 4.24. The maximum Gasteiger partial charge on any atom is 0.253 e. The Kier molecular flexibility index (Phi) is 4.93. The molecular weight excluding hydrogens is 337 g/mol. The van der Waals surface area contributed by atoms with E-state index in [1.165, 1.54) is 0 Å². The highest BCUT2D eigenvalue weighted by Crippen LogP contribution is 2.25. The molecule has 0 saturated carbocycles. The number of benzene rings is 1. The van der Waals surface area contributed by atoms with Crippen molar-refractivity contribution in [2.24, 2.45) is 5.92 Å². The van der Waals surface area contributed by atoms with Gasteiger partial charge in [0.25, 0.3) is 5.91 Å². The molecule has 2 rings (SSSR count). The maximum absolute atomic E-state index is 12.3. The zero-order valence-electron chi connectivity index (χ0n) is 9.83. The molecule has 0 spiro atoms. The van der Waals surface area contributed by atoms with Crippen molar-refractivity contribution in [1.82, 2.24) is 4.90 Å². The lowest BCUT2D eigenvalue weighted by molar-refractivity contribution is 0.0699. The molecule has 1 aliphatic rings. The van der Waals surface area contributed by atoms with Gasteiger partial charge in [-0.05, 0) is 37.0 Å². The molecule has 0 unspecified atom stereocenters. The number of hydrogen-bond donors (Lipinski definition) is 0. The van der Waals surface area contributed by atoms with Crippen LogP contribution >= 0.6 is 39.1 Å². The Morgan fingerprint density at radius 3 is 2.50 bits per heavy atom. The third-order valence-electron chi connectivity index (χ3n) is 3.29. The molecule has 1 fully saturated rings. The summed E-state index contributed by atoms with van der Waals surface area (Å²) < 4.78 is 0. The molecule has 1 aliphatic heterocycles. The van der Waals surface area contributed by atoms with Gasteiger partial charge in [0.15, 0.2) is 0 Å². The standard InChI is InChI=1S/C13H14BrCl2NO/c14-8-9-3-5-17(6-4-9)13(18)10-1-2-11(15)12(16)7-10/h1-2,7,9H,3-6,8H2. The van der Waals surface area contributed by atoms with Crippen LogP contribution in [0.25, 0.3) is 0 Å². The van der Waals surface area contributed by atoms with Crippen LogP contribution in [0.3, 0.4) is 0 Å². The first kappa shape index (κ1) is 14.2. The van der Waals surface area contributed by atoms with Gasteiger partial charge in [-0.25, -0.2) is 0 Å². The summed E-state index contributed by atoms with van der Waals surface area (Å²) in [5.74, 6) is 0.726. The summed E-state index contributed by atoms with van der Waals surface area (Å²) in [6.45, 7) is 1.63. The number of carbonyl (C=O) groups is 1. The summed E-state index contributed by atoms with van der Waals surface area (Å²) in [5, 5.41) is 1.92. The molecule has 0 aromatic heterocycles. The molecule has 2 nitrogen and oxygen atoms in total. The first-order chi connectivity index (χ1) is 8.61. The van der Waals surface area contributed by atoms with E-state index in [4.69, 9.17) is 23.2 Å². The number of rotatable bonds is 2. The van der Waals surface area contributed by atoms with Gasteiger partial charge in [-0.1, -0.05) is 39.1 Å². The van der Waals surface area contributed by atoms with Crippen molar-refractivity contribution in [2.75, 3.05) is 18.4 Å². The molecule has 5 heteroatoms. The number of halogens is 3. The van der Waals surface area contributed by atoms with Gasteiger partial charge >= 0.3 is 0 Å². The molecule has 0 N–H and O–H groups in total. The van der Waals surface area contributed by atoms with E-state index >= 15 is 0 Å². The van der Waals surface area contributed by atoms with Crippen molar-refractivity contribution in [2.45, 2.75) is 12.8 Å². The van der Waals surface area contributed by atoms with E-state index in [0.29, 0.717) is 21.5 Å². The Hall–Kier alpha value is -0.250. The molecule has 0 bridgehead atoms. The minimum atomic E-state index is 0.0431. The Labute approximate surface area is 125 Å². The van der Waals surface area contributed by atoms with E-state index in [1.807, 2.05) is 4.90 Å². The molecule has 0 radical (unpaired) electrons. The fourth-order valence-corrected chi connectivity index (χ4v) is 3.05. The van der Waals surface area contributed by atoms with Gasteiger partial charge in [0.05, 0.1) is 10.0 Å². The minimum Gasteiger partial charge on any atom is -0.339 e. The first-order valence-electron chi connectivity index (χ1n) is 5.92. The summed E-state index contributed by atoms with van der Waals surface area (Å²) in [5.41, 5.74) is 0.613. The van der Waals surface area contributed by atoms with Crippen molar-refractivity contribution in [3.8, 4) is 0 Å². The van der Waals surface area contributed by atoms with Crippen molar-refractivity contribution in [1.29, 1.82) is 0 Å². The summed E-state index contributed by atoms with van der Waals surface area (Å²) in [6.07, 6.45) is 2.11. The van der Waals surface area contributed by atoms with Crippen LogP contribution in [-0.2, 0) is 0 Å². The van der Waals surface area contributed by atoms with Crippen LogP contribution in [0.5, 0.6) is 0 Å². The van der Waals surface area contributed by atoms with Gasteiger partial charge < -0.3 is 4.90 Å². The van der Waals surface area contributed by atoms with Gasteiger partial charge in [-0.15, -0.1) is 0 Å². The van der Waals surface area contributed by atoms with Gasteiger partial charge in [0.2, 0.25) is 0 Å². The van der Waals surface area contributed by atoms with Crippen molar-refractivity contribution in [3.63, 3.8) is 0 Å². The van der Waals surface area contributed by atoms with Crippen molar-refractivity contribution in [3.05, 3.63) is 33.8 Å². The highest BCUT2D eigenvalue weighted by Gasteiger charge is 2.23. The lowest BCUT2D eigenvalue weighted by Crippen LogP contribution is -2.38. The predicted molar refractivity (Wildman–Crippen MR) is 78.9 cm³/mol. The Morgan fingerprint density at radius 1 is 1.28 bits per heavy atom. The van der Waals surface area contributed by atoms with Crippen LogP contribution in [0.2, 0.25) is 10.0 Å². The normalized spacial score (nSPS) is 16.9. The summed E-state index contributed by atoms with van der Waals surface area (Å²) in [6, 6.07) is 5.04. The molecule has 18 heavy (non-hydrogen) atoms. The van der Waals surface area contributed by atoms with Crippen molar-refractivity contribution < 1.29 is 4.79 Å². The second kappa shape index (κ2) is 6.27. The number of alkyl halides is 1. The summed E-state index contributed by atoms with van der Waals surface area (Å²) in [7, 11) is 0. The van der Waals surface area contributed by atoms with E-state index in [0.717, 1.165) is 31.3 Å². The second-order valence-electron chi connectivity index (χ2n) is 4.52. The van der Waals surface area contributed by atoms with Crippen LogP contribution in [0.15, 0.2) is 18.2 Å². The number of amides is 1. The number of likely N-dealkylation sites (tertiary alicyclic amines) is 1. The van der Waals surface area contributed by atoms with Crippen LogP contribution < -0.4 is 0 Å². The summed E-state index contributed by atoms with van der Waals surface area (Å²) >= 11 is 15.3. The SMILES string of the molecule is O=C(c1ccc(Cl)c(Cl)c1)N1CCC(CBr)CC1. The zero-order valence-corrected chi connectivity index (χ0v) is 12.9. The molecular formula is C13H14BrCl2NO. The number of piperidine rings is 1. The highest BCUT2D eigenvalue weighted by molar-refractivity contribution is 9.09. The largest absolute Gasteiger partial charge is 0.339 e. The monoisotopic (exact) mass is 349 g/mol. The molecule has 1 saturated heterocycles. The molecule has 98 valence electrons. The molecule has 0 atom stereocenters. The highest BCUT2D eigenvalue weighted by atomic mass is 79.9. The molecule has 1 amide bonds. The van der Waals surface area contributed by atoms with Gasteiger partial charge in [0, 0.05) is 24.0 Å². The number of carbonyl (C=O) groups excluding carboxylic acids is 1. The second-order valence-corrected chi connectivity index (χ2v) is 5.98. The molecule has 1 aromatic carbocycles. The van der Waals surface area contributed by atoms with Crippen LogP contribution in [-0.4, -0.2) is 29.2 Å². The summed E-state index contributed by atoms with van der Waals surface area (Å²) in [4.78, 5) is 14.2. The van der Waals surface area contributed by atoms with Crippen LogP contribution in [0, 0.1) is 5.92 Å². The van der Waals surface area contributed by atoms with Gasteiger partial charge in [0.1, 0.15) is 0 Å². The van der Waals surface area contributed by atoms with E-state index in [2.05, 4.69) is 15.9 Å². The quantitative estimate of drug-likeness (QED) is 0.730. The van der Waals surface area contributed by atoms with Crippen LogP contribution in [0.1, 0.15) is 23.2 Å². The Morgan fingerprint density at radius 2 is 1.94 bits per heavy atom. The minimum absolute atomic E-state index is 0.0431. The van der Waals surface area contributed by atoms with E-state index in [9.17, 15) is 4.79 Å². The van der Waals surface area contributed by atoms with Crippen molar-refractivity contribution >= 4 is 45.0 Å². The van der Waals surface area contributed by atoms with E-state index < -0.39 is 0 Å². The van der Waals surface area contributed by atoms with Gasteiger partial charge in [-0.3, -0.25) is 4.79 Å². The lowest BCUT2D eigenvalue weighted by atomic mass is 9.98. The molecule has 1 heterocycles. The average molecular weight is 351 g/mol. The molecule has 0 aliphatic carbocycles. The zero-order chi connectivity index (χ0) is 13.1. The Bertz CT molecular complexity index is 445. The number of nitrogens with zero attached hydrogens (tertiary/aromatic N) is 1.